The number of alkyl halides is 3. The number of hydrogen-bond acceptors (Lipinski definition) is 4. The summed E-state index contributed by atoms with van der Waals surface area (Å²) in [4.78, 5) is 16.8. The lowest BCUT2D eigenvalue weighted by Crippen LogP contribution is -2.29. The average Bonchev–Trinajstić information content (AvgIpc) is 2.62. The third-order valence-electron chi connectivity index (χ3n) is 4.56. The van der Waals surface area contributed by atoms with Gasteiger partial charge in [-0.2, -0.15) is 13.2 Å². The Balaban J connectivity index is 1.97. The Labute approximate surface area is 167 Å². The van der Waals surface area contributed by atoms with Crippen molar-refractivity contribution in [2.75, 3.05) is 11.1 Å². The normalized spacial score (nSPS) is 19.6. The van der Waals surface area contributed by atoms with Crippen molar-refractivity contribution in [3.05, 3.63) is 64.7 Å². The summed E-state index contributed by atoms with van der Waals surface area (Å²) in [5, 5.41) is 2.47. The number of amidine groups is 1. The van der Waals surface area contributed by atoms with E-state index in [1.807, 2.05) is 0 Å². The average molecular weight is 429 g/mol. The molecule has 0 saturated carbocycles. The molecular weight excluding hydrogens is 413 g/mol. The molecule has 2 aromatic rings. The molecular formula is C19H16F5N3OS. The van der Waals surface area contributed by atoms with Crippen LogP contribution in [0.5, 0.6) is 0 Å². The minimum Gasteiger partial charge on any atom is -0.379 e. The molecule has 0 bridgehead atoms. The van der Waals surface area contributed by atoms with Crippen LogP contribution in [0.4, 0.5) is 27.6 Å². The lowest BCUT2D eigenvalue weighted by atomic mass is 9.89. The molecule has 3 N–H and O–H groups in total. The third-order valence-corrected chi connectivity index (χ3v) is 5.36. The number of rotatable bonds is 3. The van der Waals surface area contributed by atoms with E-state index < -0.39 is 40.4 Å². The molecule has 1 aliphatic rings. The molecule has 0 spiro atoms. The van der Waals surface area contributed by atoms with Crippen molar-refractivity contribution < 1.29 is 26.7 Å². The predicted octanol–water partition coefficient (Wildman–Crippen LogP) is 4.90. The van der Waals surface area contributed by atoms with Crippen LogP contribution in [0.15, 0.2) is 41.4 Å². The Morgan fingerprint density at radius 3 is 2.59 bits per heavy atom. The van der Waals surface area contributed by atoms with Crippen molar-refractivity contribution in [3.8, 4) is 0 Å². The molecule has 1 aliphatic heterocycles. The van der Waals surface area contributed by atoms with E-state index in [4.69, 9.17) is 5.73 Å². The molecule has 29 heavy (non-hydrogen) atoms. The fourth-order valence-electron chi connectivity index (χ4n) is 2.99. The van der Waals surface area contributed by atoms with Crippen molar-refractivity contribution in [2.45, 2.75) is 25.1 Å². The second kappa shape index (κ2) is 7.66. The number of amides is 1. The monoisotopic (exact) mass is 429 g/mol. The van der Waals surface area contributed by atoms with Gasteiger partial charge in [0.15, 0.2) is 5.17 Å². The van der Waals surface area contributed by atoms with Gasteiger partial charge < -0.3 is 11.1 Å². The van der Waals surface area contributed by atoms with Crippen LogP contribution >= 0.6 is 11.8 Å². The van der Waals surface area contributed by atoms with E-state index in [0.29, 0.717) is 41.1 Å². The molecule has 4 nitrogen and oxygen atoms in total. The summed E-state index contributed by atoms with van der Waals surface area (Å²) in [7, 11) is 0. The van der Waals surface area contributed by atoms with Crippen LogP contribution in [0, 0.1) is 11.6 Å². The van der Waals surface area contributed by atoms with Crippen LogP contribution in [-0.4, -0.2) is 16.8 Å². The smallest absolute Gasteiger partial charge is 0.379 e. The Morgan fingerprint density at radius 2 is 1.93 bits per heavy atom. The number of anilines is 1. The molecule has 0 saturated heterocycles. The molecule has 1 atom stereocenters. The first-order chi connectivity index (χ1) is 13.5. The highest BCUT2D eigenvalue weighted by Crippen LogP contribution is 2.37. The molecule has 2 aromatic carbocycles. The third kappa shape index (κ3) is 4.52. The van der Waals surface area contributed by atoms with E-state index >= 15 is 0 Å². The zero-order chi connectivity index (χ0) is 21.4. The molecule has 1 heterocycles. The largest absolute Gasteiger partial charge is 0.417 e. The zero-order valence-electron chi connectivity index (χ0n) is 15.1. The first-order valence-corrected chi connectivity index (χ1v) is 9.44. The molecule has 3 rings (SSSR count). The molecule has 0 aliphatic carbocycles. The Hall–Kier alpha value is -2.62. The van der Waals surface area contributed by atoms with E-state index in [1.165, 1.54) is 23.9 Å². The Bertz CT molecular complexity index is 992. The minimum absolute atomic E-state index is 0.335. The number of benzene rings is 2. The Morgan fingerprint density at radius 1 is 1.21 bits per heavy atom. The number of hydrogen-bond donors (Lipinski definition) is 2. The number of aliphatic imine (C=N–C) groups is 1. The maximum atomic E-state index is 14.3. The highest BCUT2D eigenvalue weighted by atomic mass is 32.2. The predicted molar refractivity (Wildman–Crippen MR) is 102 cm³/mol. The number of halogens is 5. The quantitative estimate of drug-likeness (QED) is 0.682. The summed E-state index contributed by atoms with van der Waals surface area (Å²) in [6, 6.07) is 5.39. The summed E-state index contributed by atoms with van der Waals surface area (Å²) in [5.74, 6) is -2.46. The topological polar surface area (TPSA) is 67.5 Å². The van der Waals surface area contributed by atoms with Gasteiger partial charge >= 0.3 is 6.18 Å². The summed E-state index contributed by atoms with van der Waals surface area (Å²) >= 11 is 1.38. The van der Waals surface area contributed by atoms with Gasteiger partial charge in [0.25, 0.3) is 5.91 Å². The molecule has 0 radical (unpaired) electrons. The van der Waals surface area contributed by atoms with Crippen LogP contribution in [0.25, 0.3) is 0 Å². The fraction of sp³-hybridized carbons (Fsp3) is 0.263. The van der Waals surface area contributed by atoms with Gasteiger partial charge in [-0.15, -0.1) is 0 Å². The maximum Gasteiger partial charge on any atom is 0.417 e. The summed E-state index contributed by atoms with van der Waals surface area (Å²) in [5.41, 5.74) is 2.95. The molecule has 0 aromatic heterocycles. The van der Waals surface area contributed by atoms with E-state index in [9.17, 15) is 26.7 Å². The van der Waals surface area contributed by atoms with Crippen molar-refractivity contribution in [2.24, 2.45) is 10.7 Å². The van der Waals surface area contributed by atoms with Crippen LogP contribution in [0.3, 0.4) is 0 Å². The lowest BCUT2D eigenvalue weighted by molar-refractivity contribution is -0.137. The van der Waals surface area contributed by atoms with Gasteiger partial charge in [-0.05, 0) is 49.2 Å². The number of nitrogens with one attached hydrogen (secondary N) is 1. The second-order valence-electron chi connectivity index (χ2n) is 6.66. The first-order valence-electron chi connectivity index (χ1n) is 8.46. The van der Waals surface area contributed by atoms with Crippen molar-refractivity contribution in [1.29, 1.82) is 0 Å². The molecule has 1 unspecified atom stereocenters. The van der Waals surface area contributed by atoms with Crippen molar-refractivity contribution >= 4 is 28.5 Å². The SMILES string of the molecule is CC1(c2ccc(F)c(NC(=O)c3cc(F)ccc3C(F)(F)F)c2)CCSC(N)=N1. The summed E-state index contributed by atoms with van der Waals surface area (Å²) < 4.78 is 67.2. The molecule has 10 heteroatoms. The van der Waals surface area contributed by atoms with Crippen molar-refractivity contribution in [1.82, 2.24) is 0 Å². The van der Waals surface area contributed by atoms with Crippen LogP contribution in [0.1, 0.15) is 34.8 Å². The summed E-state index contributed by atoms with van der Waals surface area (Å²) in [6.07, 6.45) is -4.28. The first kappa shape index (κ1) is 21.1. The van der Waals surface area contributed by atoms with Crippen LogP contribution < -0.4 is 11.1 Å². The van der Waals surface area contributed by atoms with Gasteiger partial charge in [0.1, 0.15) is 11.6 Å². The lowest BCUT2D eigenvalue weighted by Gasteiger charge is -2.30. The standard InChI is InChI=1S/C19H16F5N3OS/c1-18(6-7-29-17(25)27-18)10-2-5-14(21)15(8-10)26-16(28)12-9-11(20)3-4-13(12)19(22,23)24/h2-5,8-9H,6-7H2,1H3,(H2,25,27)(H,26,28). The van der Waals surface area contributed by atoms with E-state index in [2.05, 4.69) is 10.3 Å². The number of nitrogens with zero attached hydrogens (tertiary/aromatic N) is 1. The van der Waals surface area contributed by atoms with Gasteiger partial charge in [-0.3, -0.25) is 9.79 Å². The Kier molecular flexibility index (Phi) is 5.57. The second-order valence-corrected chi connectivity index (χ2v) is 7.77. The van der Waals surface area contributed by atoms with E-state index in [1.54, 1.807) is 6.92 Å². The highest BCUT2D eigenvalue weighted by Gasteiger charge is 2.36. The maximum absolute atomic E-state index is 14.3. The minimum atomic E-state index is -4.87. The number of carbonyl (C=O) groups excluding carboxylic acids is 1. The van der Waals surface area contributed by atoms with Gasteiger partial charge in [-0.1, -0.05) is 17.8 Å². The van der Waals surface area contributed by atoms with Gasteiger partial charge in [-0.25, -0.2) is 8.78 Å². The number of thioether (sulfide) groups is 1. The van der Waals surface area contributed by atoms with Gasteiger partial charge in [0, 0.05) is 5.75 Å². The van der Waals surface area contributed by atoms with Gasteiger partial charge in [0.05, 0.1) is 22.4 Å². The van der Waals surface area contributed by atoms with Crippen molar-refractivity contribution in [3.63, 3.8) is 0 Å². The van der Waals surface area contributed by atoms with E-state index in [-0.39, 0.29) is 5.69 Å². The zero-order valence-corrected chi connectivity index (χ0v) is 15.9. The van der Waals surface area contributed by atoms with E-state index in [0.717, 1.165) is 6.07 Å². The van der Waals surface area contributed by atoms with Crippen LogP contribution in [0.2, 0.25) is 0 Å². The number of nitrogens with two attached hydrogens (primary N) is 1. The molecule has 0 fully saturated rings. The van der Waals surface area contributed by atoms with Crippen LogP contribution in [-0.2, 0) is 11.7 Å². The number of carbonyl (C=O) groups is 1. The highest BCUT2D eigenvalue weighted by molar-refractivity contribution is 8.13. The summed E-state index contributed by atoms with van der Waals surface area (Å²) in [6.45, 7) is 1.78. The van der Waals surface area contributed by atoms with Gasteiger partial charge in [0.2, 0.25) is 0 Å². The fourth-order valence-corrected chi connectivity index (χ4v) is 3.97. The molecule has 1 amide bonds. The molecule has 154 valence electrons.